The molecule has 0 amide bonds. The van der Waals surface area contributed by atoms with E-state index in [0.717, 1.165) is 30.6 Å². The summed E-state index contributed by atoms with van der Waals surface area (Å²) in [4.78, 5) is 24.9. The van der Waals surface area contributed by atoms with Crippen molar-refractivity contribution < 1.29 is 0 Å². The van der Waals surface area contributed by atoms with Crippen molar-refractivity contribution in [2.24, 2.45) is 0 Å². The van der Waals surface area contributed by atoms with E-state index in [1.54, 1.807) is 17.0 Å². The number of halogens is 1. The Balaban J connectivity index is 1.83. The van der Waals surface area contributed by atoms with Crippen molar-refractivity contribution >= 4 is 22.6 Å². The van der Waals surface area contributed by atoms with Crippen molar-refractivity contribution in [2.75, 3.05) is 20.1 Å². The van der Waals surface area contributed by atoms with Gasteiger partial charge in [0.05, 0.1) is 12.6 Å². The molecule has 1 atom stereocenters. The number of benzene rings is 1. The van der Waals surface area contributed by atoms with Gasteiger partial charge in [0, 0.05) is 32.0 Å². The smallest absolute Gasteiger partial charge is 0.266 e. The van der Waals surface area contributed by atoms with Crippen LogP contribution in [0.4, 0.5) is 0 Å². The van der Waals surface area contributed by atoms with Crippen LogP contribution in [0.3, 0.4) is 0 Å². The van der Waals surface area contributed by atoms with Gasteiger partial charge in [0.1, 0.15) is 16.4 Å². The standard InChI is InChI=1S/C24H28ClN7O/c1-3-19(31(14-13-26-2)15-18-9-11-27-12-10-18)23-28-22-20(21(25)29-30-22)24(33)32(23)16-17-7-5-4-6-8-17/h4-12,19,26H,3,13-16H2,1-2H3,(H,29,30). The van der Waals surface area contributed by atoms with Crippen LogP contribution in [0.5, 0.6) is 0 Å². The molecule has 1 unspecified atom stereocenters. The van der Waals surface area contributed by atoms with E-state index in [2.05, 4.69) is 32.3 Å². The van der Waals surface area contributed by atoms with Crippen LogP contribution >= 0.6 is 11.6 Å². The summed E-state index contributed by atoms with van der Waals surface area (Å²) in [6.07, 6.45) is 4.38. The van der Waals surface area contributed by atoms with Crippen LogP contribution in [0, 0.1) is 0 Å². The number of likely N-dealkylation sites (N-methyl/N-ethyl adjacent to an activating group) is 1. The molecular weight excluding hydrogens is 438 g/mol. The second-order valence-corrected chi connectivity index (χ2v) is 8.31. The number of pyridine rings is 1. The maximum Gasteiger partial charge on any atom is 0.266 e. The van der Waals surface area contributed by atoms with Crippen LogP contribution in [-0.2, 0) is 13.1 Å². The average molecular weight is 466 g/mol. The molecule has 0 saturated carbocycles. The topological polar surface area (TPSA) is 91.7 Å². The molecule has 0 radical (unpaired) electrons. The lowest BCUT2D eigenvalue weighted by Gasteiger charge is -2.32. The van der Waals surface area contributed by atoms with E-state index >= 15 is 0 Å². The Morgan fingerprint density at radius 3 is 2.61 bits per heavy atom. The number of H-pyrrole nitrogens is 1. The Kier molecular flexibility index (Phi) is 7.49. The van der Waals surface area contributed by atoms with E-state index < -0.39 is 0 Å². The first-order valence-electron chi connectivity index (χ1n) is 11.1. The van der Waals surface area contributed by atoms with Crippen molar-refractivity contribution in [2.45, 2.75) is 32.5 Å². The highest BCUT2D eigenvalue weighted by molar-refractivity contribution is 6.33. The fourth-order valence-electron chi connectivity index (χ4n) is 4.09. The maximum atomic E-state index is 13.6. The molecule has 9 heteroatoms. The Morgan fingerprint density at radius 1 is 1.15 bits per heavy atom. The minimum atomic E-state index is -0.187. The van der Waals surface area contributed by atoms with Gasteiger partial charge in [0.25, 0.3) is 5.56 Å². The summed E-state index contributed by atoms with van der Waals surface area (Å²) in [6.45, 7) is 4.83. The number of nitrogens with one attached hydrogen (secondary N) is 2. The zero-order valence-electron chi connectivity index (χ0n) is 18.8. The van der Waals surface area contributed by atoms with E-state index in [9.17, 15) is 4.79 Å². The number of aromatic amines is 1. The van der Waals surface area contributed by atoms with Crippen molar-refractivity contribution in [3.63, 3.8) is 0 Å². The average Bonchev–Trinajstić information content (AvgIpc) is 3.22. The van der Waals surface area contributed by atoms with Gasteiger partial charge in [-0.3, -0.25) is 24.3 Å². The molecule has 172 valence electrons. The van der Waals surface area contributed by atoms with Crippen LogP contribution < -0.4 is 10.9 Å². The monoisotopic (exact) mass is 465 g/mol. The number of rotatable bonds is 10. The highest BCUT2D eigenvalue weighted by Gasteiger charge is 2.26. The number of fused-ring (bicyclic) bond motifs is 1. The van der Waals surface area contributed by atoms with Crippen LogP contribution in [0.15, 0.2) is 59.7 Å². The van der Waals surface area contributed by atoms with Crippen molar-refractivity contribution in [1.82, 2.24) is 34.9 Å². The molecule has 0 aliphatic carbocycles. The third-order valence-electron chi connectivity index (χ3n) is 5.75. The predicted octanol–water partition coefficient (Wildman–Crippen LogP) is 3.39. The molecule has 4 aromatic rings. The number of nitrogens with zero attached hydrogens (tertiary/aromatic N) is 5. The molecule has 3 aromatic heterocycles. The molecule has 0 aliphatic rings. The minimum absolute atomic E-state index is 0.0946. The van der Waals surface area contributed by atoms with Gasteiger partial charge in [0.2, 0.25) is 0 Å². The Hall–Kier alpha value is -3.07. The van der Waals surface area contributed by atoms with Crippen molar-refractivity contribution in [3.8, 4) is 0 Å². The lowest BCUT2D eigenvalue weighted by molar-refractivity contribution is 0.172. The Morgan fingerprint density at radius 2 is 1.91 bits per heavy atom. The molecule has 0 bridgehead atoms. The molecule has 0 spiro atoms. The third-order valence-corrected chi connectivity index (χ3v) is 6.03. The minimum Gasteiger partial charge on any atom is -0.318 e. The summed E-state index contributed by atoms with van der Waals surface area (Å²) in [5.74, 6) is 0.687. The van der Waals surface area contributed by atoms with E-state index in [4.69, 9.17) is 16.6 Å². The second-order valence-electron chi connectivity index (χ2n) is 7.94. The molecule has 2 N–H and O–H groups in total. The first kappa shape index (κ1) is 23.1. The highest BCUT2D eigenvalue weighted by atomic mass is 35.5. The van der Waals surface area contributed by atoms with E-state index in [1.807, 2.05) is 49.5 Å². The molecular formula is C24H28ClN7O. The molecule has 1 aromatic carbocycles. The van der Waals surface area contributed by atoms with Crippen LogP contribution in [-0.4, -0.2) is 49.8 Å². The third kappa shape index (κ3) is 5.13. The van der Waals surface area contributed by atoms with Crippen LogP contribution in [0.1, 0.15) is 36.3 Å². The summed E-state index contributed by atoms with van der Waals surface area (Å²) in [7, 11) is 1.94. The molecule has 33 heavy (non-hydrogen) atoms. The van der Waals surface area contributed by atoms with Gasteiger partial charge in [0.15, 0.2) is 5.65 Å². The van der Waals surface area contributed by atoms with E-state index in [1.165, 1.54) is 0 Å². The number of hydrogen-bond donors (Lipinski definition) is 2. The van der Waals surface area contributed by atoms with Crippen LogP contribution in [0.2, 0.25) is 5.15 Å². The summed E-state index contributed by atoms with van der Waals surface area (Å²) in [6, 6.07) is 13.9. The molecule has 0 aliphatic heterocycles. The molecule has 8 nitrogen and oxygen atoms in total. The first-order chi connectivity index (χ1) is 16.1. The van der Waals surface area contributed by atoms with Crippen molar-refractivity contribution in [1.29, 1.82) is 0 Å². The van der Waals surface area contributed by atoms with E-state index in [0.29, 0.717) is 29.9 Å². The van der Waals surface area contributed by atoms with Gasteiger partial charge in [-0.25, -0.2) is 4.98 Å². The fraction of sp³-hybridized carbons (Fsp3) is 0.333. The first-order valence-corrected chi connectivity index (χ1v) is 11.5. The maximum absolute atomic E-state index is 13.6. The summed E-state index contributed by atoms with van der Waals surface area (Å²) in [5, 5.41) is 10.7. The Labute approximate surface area is 197 Å². The van der Waals surface area contributed by atoms with Gasteiger partial charge in [-0.15, -0.1) is 0 Å². The fourth-order valence-corrected chi connectivity index (χ4v) is 4.30. The highest BCUT2D eigenvalue weighted by Crippen LogP contribution is 2.26. The summed E-state index contributed by atoms with van der Waals surface area (Å²) < 4.78 is 1.74. The van der Waals surface area contributed by atoms with Gasteiger partial charge in [-0.05, 0) is 36.7 Å². The zero-order valence-corrected chi connectivity index (χ0v) is 19.6. The largest absolute Gasteiger partial charge is 0.318 e. The second kappa shape index (κ2) is 10.7. The van der Waals surface area contributed by atoms with E-state index in [-0.39, 0.29) is 16.8 Å². The molecule has 0 saturated heterocycles. The Bertz CT molecular complexity index is 1240. The van der Waals surface area contributed by atoms with Gasteiger partial charge in [-0.1, -0.05) is 48.9 Å². The van der Waals surface area contributed by atoms with Gasteiger partial charge < -0.3 is 5.32 Å². The lowest BCUT2D eigenvalue weighted by Crippen LogP contribution is -2.38. The molecule has 3 heterocycles. The van der Waals surface area contributed by atoms with Gasteiger partial charge in [-0.2, -0.15) is 5.10 Å². The van der Waals surface area contributed by atoms with Gasteiger partial charge >= 0.3 is 0 Å². The zero-order chi connectivity index (χ0) is 23.2. The molecule has 4 rings (SSSR count). The number of hydrogen-bond acceptors (Lipinski definition) is 6. The van der Waals surface area contributed by atoms with Crippen LogP contribution in [0.25, 0.3) is 11.0 Å². The predicted molar refractivity (Wildman–Crippen MR) is 130 cm³/mol. The quantitative estimate of drug-likeness (QED) is 0.373. The summed E-state index contributed by atoms with van der Waals surface area (Å²) in [5.41, 5.74) is 2.33. The number of aromatic nitrogens is 5. The van der Waals surface area contributed by atoms with Crippen molar-refractivity contribution in [3.05, 3.63) is 87.3 Å². The normalized spacial score (nSPS) is 12.5. The summed E-state index contributed by atoms with van der Waals surface area (Å²) >= 11 is 6.26. The SMILES string of the molecule is CCC(c1nc2n[nH]c(Cl)c2c(=O)n1Cc1ccccc1)N(CCNC)Cc1ccncc1. The lowest BCUT2D eigenvalue weighted by atomic mass is 10.1. The molecule has 0 fully saturated rings.